The van der Waals surface area contributed by atoms with E-state index in [1.54, 1.807) is 0 Å². The molecule has 9 N–H and O–H groups in total. The molecule has 4 aliphatic carbocycles. The zero-order chi connectivity index (χ0) is 33.1. The van der Waals surface area contributed by atoms with Crippen LogP contribution < -0.4 is 0 Å². The molecule has 264 valence electrons. The largest absolute Gasteiger partial charge is 0.396 e. The van der Waals surface area contributed by atoms with Crippen molar-refractivity contribution >= 4 is 0 Å². The summed E-state index contributed by atoms with van der Waals surface area (Å²) < 4.78 is 0. The van der Waals surface area contributed by atoms with Crippen LogP contribution in [-0.2, 0) is 0 Å². The molecule has 0 amide bonds. The summed E-state index contributed by atoms with van der Waals surface area (Å²) in [5.41, 5.74) is -0.214. The third-order valence-electron chi connectivity index (χ3n) is 14.6. The lowest BCUT2D eigenvalue weighted by atomic mass is 9.46. The molecule has 4 fully saturated rings. The number of hydrogen-bond donors (Lipinski definition) is 9. The van der Waals surface area contributed by atoms with Gasteiger partial charge in [0.1, 0.15) is 0 Å². The van der Waals surface area contributed by atoms with Gasteiger partial charge in [0.2, 0.25) is 0 Å². The Balaban J connectivity index is 1.63. The molecule has 9 heteroatoms. The fourth-order valence-corrected chi connectivity index (χ4v) is 11.6. The number of rotatable bonds is 12. The van der Waals surface area contributed by atoms with Crippen LogP contribution in [0, 0.1) is 75.9 Å². The van der Waals surface area contributed by atoms with E-state index in [-0.39, 0.29) is 97.8 Å². The molecule has 0 bridgehead atoms. The highest BCUT2D eigenvalue weighted by atomic mass is 16.3. The van der Waals surface area contributed by atoms with Crippen LogP contribution in [0.3, 0.4) is 0 Å². The third kappa shape index (κ3) is 7.18. The molecule has 0 aromatic carbocycles. The van der Waals surface area contributed by atoms with Crippen LogP contribution in [0.2, 0.25) is 0 Å². The summed E-state index contributed by atoms with van der Waals surface area (Å²) in [6, 6.07) is 0. The molecule has 6 unspecified atom stereocenters. The molecule has 6 atom stereocenters. The van der Waals surface area contributed by atoms with Crippen molar-refractivity contribution in [3.63, 3.8) is 0 Å². The van der Waals surface area contributed by atoms with E-state index in [1.807, 2.05) is 0 Å². The first kappa shape index (κ1) is 37.5. The van der Waals surface area contributed by atoms with Crippen molar-refractivity contribution in [1.29, 1.82) is 0 Å². The zero-order valence-corrected chi connectivity index (χ0v) is 28.1. The Hall–Kier alpha value is -0.360. The van der Waals surface area contributed by atoms with Gasteiger partial charge in [-0.05, 0) is 111 Å². The van der Waals surface area contributed by atoms with Crippen LogP contribution in [0.5, 0.6) is 0 Å². The van der Waals surface area contributed by atoms with Gasteiger partial charge < -0.3 is 46.0 Å². The van der Waals surface area contributed by atoms with E-state index in [9.17, 15) is 46.0 Å². The van der Waals surface area contributed by atoms with E-state index >= 15 is 0 Å². The minimum Gasteiger partial charge on any atom is -0.396 e. The third-order valence-corrected chi connectivity index (χ3v) is 14.6. The zero-order valence-electron chi connectivity index (χ0n) is 28.1. The normalized spacial score (nSPS) is 44.8. The van der Waals surface area contributed by atoms with Crippen LogP contribution in [0.15, 0.2) is 0 Å². The maximum Gasteiger partial charge on any atom is 0.0640 e. The molecule has 45 heavy (non-hydrogen) atoms. The first-order valence-electron chi connectivity index (χ1n) is 18.2. The van der Waals surface area contributed by atoms with Gasteiger partial charge in [-0.2, -0.15) is 0 Å². The van der Waals surface area contributed by atoms with Gasteiger partial charge in [-0.1, -0.05) is 20.8 Å². The minimum absolute atomic E-state index is 0.0291. The summed E-state index contributed by atoms with van der Waals surface area (Å²) in [6.45, 7) is 6.24. The Morgan fingerprint density at radius 2 is 0.689 bits per heavy atom. The number of aliphatic hydroxyl groups excluding tert-OH is 9. The van der Waals surface area contributed by atoms with E-state index in [2.05, 4.69) is 20.8 Å². The second-order valence-corrected chi connectivity index (χ2v) is 16.5. The van der Waals surface area contributed by atoms with Crippen molar-refractivity contribution in [3.8, 4) is 0 Å². The Bertz CT molecular complexity index is 816. The van der Waals surface area contributed by atoms with Crippen LogP contribution in [0.1, 0.15) is 91.4 Å². The van der Waals surface area contributed by atoms with Crippen molar-refractivity contribution in [2.75, 3.05) is 39.6 Å². The number of aliphatic hydroxyl groups is 9. The molecule has 0 saturated heterocycles. The SMILES string of the molecule is CCC(C1CCC(C(C)(C)C2CC(CO)C(O)C(CO)C2)CC1)(C1CC(CO)C(O)C(CO)C1)C1CC(CO)C(O)C(CO)C1. The predicted molar refractivity (Wildman–Crippen MR) is 172 cm³/mol. The van der Waals surface area contributed by atoms with Gasteiger partial charge in [-0.15, -0.1) is 0 Å². The van der Waals surface area contributed by atoms with Crippen molar-refractivity contribution in [2.24, 2.45) is 75.9 Å². The van der Waals surface area contributed by atoms with Crippen LogP contribution in [-0.4, -0.2) is 104 Å². The number of hydrogen-bond acceptors (Lipinski definition) is 9. The Morgan fingerprint density at radius 3 is 0.956 bits per heavy atom. The summed E-state index contributed by atoms with van der Waals surface area (Å²) in [5.74, 6) is -0.246. The highest BCUT2D eigenvalue weighted by Crippen LogP contribution is 2.62. The average molecular weight is 643 g/mol. The molecule has 4 rings (SSSR count). The first-order chi connectivity index (χ1) is 21.5. The summed E-state index contributed by atoms with van der Waals surface area (Å²) >= 11 is 0. The van der Waals surface area contributed by atoms with Gasteiger partial charge >= 0.3 is 0 Å². The van der Waals surface area contributed by atoms with Gasteiger partial charge in [0.25, 0.3) is 0 Å². The molecule has 9 nitrogen and oxygen atoms in total. The van der Waals surface area contributed by atoms with Gasteiger partial charge in [-0.25, -0.2) is 0 Å². The fourth-order valence-electron chi connectivity index (χ4n) is 11.6. The molecular formula is C36H66O9. The molecule has 0 aromatic rings. The van der Waals surface area contributed by atoms with E-state index in [0.29, 0.717) is 43.4 Å². The highest BCUT2D eigenvalue weighted by molar-refractivity contribution is 5.06. The lowest BCUT2D eigenvalue weighted by Gasteiger charge is -2.59. The van der Waals surface area contributed by atoms with Crippen molar-refractivity contribution in [1.82, 2.24) is 0 Å². The maximum atomic E-state index is 11.0. The molecule has 4 aliphatic rings. The van der Waals surface area contributed by atoms with Crippen LogP contribution >= 0.6 is 0 Å². The van der Waals surface area contributed by atoms with Crippen LogP contribution in [0.4, 0.5) is 0 Å². The highest BCUT2D eigenvalue weighted by Gasteiger charge is 2.56. The monoisotopic (exact) mass is 642 g/mol. The summed E-state index contributed by atoms with van der Waals surface area (Å²) in [5, 5.41) is 93.8. The smallest absolute Gasteiger partial charge is 0.0640 e. The van der Waals surface area contributed by atoms with Crippen molar-refractivity contribution < 1.29 is 46.0 Å². The lowest BCUT2D eigenvalue weighted by molar-refractivity contribution is -0.145. The quantitative estimate of drug-likeness (QED) is 0.154. The Labute approximate surface area is 271 Å². The second kappa shape index (κ2) is 15.9. The van der Waals surface area contributed by atoms with Crippen LogP contribution in [0.25, 0.3) is 0 Å². The first-order valence-corrected chi connectivity index (χ1v) is 18.2. The summed E-state index contributed by atoms with van der Waals surface area (Å²) in [7, 11) is 0. The average Bonchev–Trinajstić information content (AvgIpc) is 3.06. The molecular weight excluding hydrogens is 576 g/mol. The Kier molecular flexibility index (Phi) is 13.2. The Morgan fingerprint density at radius 1 is 0.422 bits per heavy atom. The van der Waals surface area contributed by atoms with Gasteiger partial charge in [-0.3, -0.25) is 0 Å². The second-order valence-electron chi connectivity index (χ2n) is 16.5. The van der Waals surface area contributed by atoms with E-state index in [0.717, 1.165) is 44.9 Å². The summed E-state index contributed by atoms with van der Waals surface area (Å²) in [4.78, 5) is 0. The van der Waals surface area contributed by atoms with Crippen molar-refractivity contribution in [3.05, 3.63) is 0 Å². The molecule has 0 radical (unpaired) electrons. The van der Waals surface area contributed by atoms with Gasteiger partial charge in [0.15, 0.2) is 0 Å². The maximum absolute atomic E-state index is 11.0. The van der Waals surface area contributed by atoms with Crippen molar-refractivity contribution in [2.45, 2.75) is 110 Å². The van der Waals surface area contributed by atoms with Gasteiger partial charge in [0.05, 0.1) is 18.3 Å². The molecule has 0 spiro atoms. The molecule has 0 aliphatic heterocycles. The summed E-state index contributed by atoms with van der Waals surface area (Å²) in [6.07, 6.45) is 7.05. The standard InChI is InChI=1S/C36H66O9/c1-4-36(30-11-23(17-39)33(44)24(12-30)18-40,31-13-25(19-41)34(45)26(14-31)20-42)28-7-5-27(6-8-28)35(2,3)29-9-21(15-37)32(43)22(10-29)16-38/h21-34,37-45H,4-20H2,1-3H3. The molecule has 0 aromatic heterocycles. The predicted octanol–water partition coefficient (Wildman–Crippen LogP) is 2.18. The molecule has 4 saturated carbocycles. The van der Waals surface area contributed by atoms with Gasteiger partial charge in [0, 0.05) is 75.1 Å². The minimum atomic E-state index is -0.745. The van der Waals surface area contributed by atoms with E-state index < -0.39 is 18.3 Å². The lowest BCUT2D eigenvalue weighted by Crippen LogP contribution is -2.55. The van der Waals surface area contributed by atoms with E-state index in [1.165, 1.54) is 0 Å². The molecule has 0 heterocycles. The fraction of sp³-hybridized carbons (Fsp3) is 1.00. The van der Waals surface area contributed by atoms with E-state index in [4.69, 9.17) is 0 Å². The topological polar surface area (TPSA) is 182 Å².